The van der Waals surface area contributed by atoms with Gasteiger partial charge in [0.25, 0.3) is 15.9 Å². The minimum absolute atomic E-state index is 0.0190. The van der Waals surface area contributed by atoms with E-state index >= 15 is 0 Å². The van der Waals surface area contributed by atoms with E-state index in [4.69, 9.17) is 0 Å². The number of halogens is 1. The van der Waals surface area contributed by atoms with Gasteiger partial charge in [-0.15, -0.1) is 0 Å². The Balaban J connectivity index is 1.81. The average molecular weight is 517 g/mol. The van der Waals surface area contributed by atoms with Crippen molar-refractivity contribution in [2.75, 3.05) is 4.31 Å². The number of aromatic nitrogens is 1. The minimum atomic E-state index is -4.21. The van der Waals surface area contributed by atoms with E-state index < -0.39 is 15.9 Å². The van der Waals surface area contributed by atoms with E-state index in [0.717, 1.165) is 8.78 Å². The van der Waals surface area contributed by atoms with Crippen LogP contribution < -0.4 is 4.31 Å². The van der Waals surface area contributed by atoms with Crippen molar-refractivity contribution in [2.45, 2.75) is 4.90 Å². The number of anilines is 1. The summed E-state index contributed by atoms with van der Waals surface area (Å²) in [6.45, 7) is 0. The maximum absolute atomic E-state index is 14.2. The summed E-state index contributed by atoms with van der Waals surface area (Å²) in [5.41, 5.74) is 1.79. The first-order valence-electron chi connectivity index (χ1n) is 10.1. The van der Waals surface area contributed by atoms with Gasteiger partial charge in [0.1, 0.15) is 0 Å². The van der Waals surface area contributed by atoms with Crippen molar-refractivity contribution >= 4 is 59.4 Å². The molecule has 0 bridgehead atoms. The molecule has 1 aromatic heterocycles. The van der Waals surface area contributed by atoms with Gasteiger partial charge in [0.2, 0.25) is 0 Å². The number of rotatable bonds is 4. The van der Waals surface area contributed by atoms with Gasteiger partial charge in [-0.3, -0.25) is 4.79 Å². The Morgan fingerprint density at radius 2 is 1.21 bits per heavy atom. The van der Waals surface area contributed by atoms with Crippen LogP contribution in [0.5, 0.6) is 0 Å². The Kier molecular flexibility index (Phi) is 5.44. The predicted molar refractivity (Wildman–Crippen MR) is 134 cm³/mol. The van der Waals surface area contributed by atoms with Gasteiger partial charge in [-0.1, -0.05) is 70.5 Å². The van der Waals surface area contributed by atoms with E-state index in [1.165, 1.54) is 12.1 Å². The number of hydrogen-bond acceptors (Lipinski definition) is 4. The molecule has 0 N–H and O–H groups in total. The molecule has 162 valence electrons. The van der Waals surface area contributed by atoms with Gasteiger partial charge in [0.15, 0.2) is 0 Å². The molecule has 0 aliphatic heterocycles. The van der Waals surface area contributed by atoms with Gasteiger partial charge >= 0.3 is 0 Å². The molecular weight excluding hydrogens is 500 g/mol. The molecular formula is C26H17BrN2O3S. The zero-order chi connectivity index (χ0) is 23.0. The van der Waals surface area contributed by atoms with Crippen LogP contribution in [-0.2, 0) is 10.0 Å². The van der Waals surface area contributed by atoms with Crippen molar-refractivity contribution in [3.63, 3.8) is 0 Å². The van der Waals surface area contributed by atoms with Crippen molar-refractivity contribution in [3.05, 3.63) is 113 Å². The molecule has 0 aliphatic rings. The highest BCUT2D eigenvalue weighted by atomic mass is 79.9. The van der Waals surface area contributed by atoms with Crippen LogP contribution in [-0.4, -0.2) is 19.3 Å². The largest absolute Gasteiger partial charge is 0.273 e. The summed E-state index contributed by atoms with van der Waals surface area (Å²) in [6.07, 6.45) is 0. The summed E-state index contributed by atoms with van der Waals surface area (Å²) < 4.78 is 29.2. The Hall–Kier alpha value is -3.55. The molecule has 0 fully saturated rings. The molecule has 4 aromatic carbocycles. The van der Waals surface area contributed by atoms with E-state index in [9.17, 15) is 13.2 Å². The van der Waals surface area contributed by atoms with E-state index in [0.29, 0.717) is 27.4 Å². The standard InChI is InChI=1S/C26H17BrN2O3S/c27-18-14-16-20(17-15-18)33(31,32)29(19-8-2-1-3-9-19)26(30)25-21-10-4-6-12-23(21)28-24-13-7-5-11-22(24)25/h1-17H. The van der Waals surface area contributed by atoms with Crippen molar-refractivity contribution in [3.8, 4) is 0 Å². The maximum Gasteiger partial charge on any atom is 0.273 e. The lowest BCUT2D eigenvalue weighted by Gasteiger charge is -2.24. The Morgan fingerprint density at radius 1 is 0.697 bits per heavy atom. The zero-order valence-corrected chi connectivity index (χ0v) is 19.6. The van der Waals surface area contributed by atoms with E-state index in [-0.39, 0.29) is 10.6 Å². The highest BCUT2D eigenvalue weighted by molar-refractivity contribution is 9.10. The highest BCUT2D eigenvalue weighted by Gasteiger charge is 2.33. The van der Waals surface area contributed by atoms with E-state index in [2.05, 4.69) is 20.9 Å². The molecule has 0 spiro atoms. The monoisotopic (exact) mass is 516 g/mol. The van der Waals surface area contributed by atoms with Crippen LogP contribution in [0.2, 0.25) is 0 Å². The summed E-state index contributed by atoms with van der Waals surface area (Å²) in [6, 6.07) is 29.1. The van der Waals surface area contributed by atoms with Crippen LogP contribution in [0.1, 0.15) is 10.4 Å². The molecule has 5 nitrogen and oxygen atoms in total. The summed E-state index contributed by atoms with van der Waals surface area (Å²) in [7, 11) is -4.21. The molecule has 0 atom stereocenters. The lowest BCUT2D eigenvalue weighted by molar-refractivity contribution is 0.101. The van der Waals surface area contributed by atoms with Crippen molar-refractivity contribution in [1.82, 2.24) is 4.98 Å². The first kappa shape index (κ1) is 21.3. The molecule has 1 heterocycles. The van der Waals surface area contributed by atoms with Crippen molar-refractivity contribution in [1.29, 1.82) is 0 Å². The molecule has 33 heavy (non-hydrogen) atoms. The number of para-hydroxylation sites is 3. The van der Waals surface area contributed by atoms with Gasteiger partial charge in [0, 0.05) is 15.2 Å². The van der Waals surface area contributed by atoms with Crippen molar-refractivity contribution < 1.29 is 13.2 Å². The first-order chi connectivity index (χ1) is 16.0. The summed E-state index contributed by atoms with van der Waals surface area (Å²) in [5.74, 6) is -0.640. The third-order valence-electron chi connectivity index (χ3n) is 5.33. The van der Waals surface area contributed by atoms with Gasteiger partial charge in [-0.05, 0) is 48.5 Å². The lowest BCUT2D eigenvalue weighted by Crippen LogP contribution is -2.37. The highest BCUT2D eigenvalue weighted by Crippen LogP contribution is 2.32. The maximum atomic E-state index is 14.2. The molecule has 7 heteroatoms. The summed E-state index contributed by atoms with van der Waals surface area (Å²) in [5, 5.41) is 1.18. The van der Waals surface area contributed by atoms with E-state index in [1.54, 1.807) is 54.6 Å². The van der Waals surface area contributed by atoms with Crippen LogP contribution in [0.4, 0.5) is 5.69 Å². The third kappa shape index (κ3) is 3.79. The molecule has 0 radical (unpaired) electrons. The second-order valence-corrected chi connectivity index (χ2v) is 10.1. The van der Waals surface area contributed by atoms with Crippen LogP contribution >= 0.6 is 15.9 Å². The Morgan fingerprint density at radius 3 is 1.79 bits per heavy atom. The van der Waals surface area contributed by atoms with Gasteiger partial charge < -0.3 is 0 Å². The van der Waals surface area contributed by atoms with Gasteiger partial charge in [-0.2, -0.15) is 4.31 Å². The van der Waals surface area contributed by atoms with Crippen LogP contribution in [0.3, 0.4) is 0 Å². The number of benzene rings is 4. The second kappa shape index (κ2) is 8.42. The quantitative estimate of drug-likeness (QED) is 0.267. The third-order valence-corrected chi connectivity index (χ3v) is 7.58. The molecule has 0 saturated heterocycles. The number of fused-ring (bicyclic) bond motifs is 2. The smallest absolute Gasteiger partial charge is 0.268 e. The fraction of sp³-hybridized carbons (Fsp3) is 0. The summed E-state index contributed by atoms with van der Waals surface area (Å²) in [4.78, 5) is 18.8. The topological polar surface area (TPSA) is 67.3 Å². The van der Waals surface area contributed by atoms with Gasteiger partial charge in [0.05, 0.1) is 27.2 Å². The first-order valence-corrected chi connectivity index (χ1v) is 12.4. The number of carbonyl (C=O) groups is 1. The van der Waals surface area contributed by atoms with E-state index in [1.807, 2.05) is 36.4 Å². The number of sulfonamides is 1. The molecule has 5 aromatic rings. The molecule has 0 unspecified atom stereocenters. The fourth-order valence-electron chi connectivity index (χ4n) is 3.81. The molecule has 5 rings (SSSR count). The Labute approximate surface area is 199 Å². The van der Waals surface area contributed by atoms with Crippen LogP contribution in [0, 0.1) is 0 Å². The number of nitrogens with zero attached hydrogens (tertiary/aromatic N) is 2. The number of pyridine rings is 1. The van der Waals surface area contributed by atoms with Crippen LogP contribution in [0.25, 0.3) is 21.8 Å². The zero-order valence-electron chi connectivity index (χ0n) is 17.2. The Bertz CT molecular complexity index is 1550. The SMILES string of the molecule is O=C(c1c2ccccc2nc2ccccc12)N(c1ccccc1)S(=O)(=O)c1ccc(Br)cc1. The van der Waals surface area contributed by atoms with Crippen LogP contribution in [0.15, 0.2) is 112 Å². The number of carbonyl (C=O) groups excluding carboxylic acids is 1. The lowest BCUT2D eigenvalue weighted by atomic mass is 10.0. The predicted octanol–water partition coefficient (Wildman–Crippen LogP) is 6.19. The fourth-order valence-corrected chi connectivity index (χ4v) is 5.48. The van der Waals surface area contributed by atoms with Crippen molar-refractivity contribution in [2.24, 2.45) is 0 Å². The molecule has 0 aliphatic carbocycles. The summed E-state index contributed by atoms with van der Waals surface area (Å²) >= 11 is 3.33. The molecule has 0 saturated carbocycles. The second-order valence-electron chi connectivity index (χ2n) is 7.39. The average Bonchev–Trinajstić information content (AvgIpc) is 2.83. The van der Waals surface area contributed by atoms with Gasteiger partial charge in [-0.25, -0.2) is 13.4 Å². The normalized spacial score (nSPS) is 11.5. The molecule has 1 amide bonds. The minimum Gasteiger partial charge on any atom is -0.268 e. The number of hydrogen-bond donors (Lipinski definition) is 0. The number of amides is 1.